The Balaban J connectivity index is 1.99. The second-order valence-electron chi connectivity index (χ2n) is 4.55. The Morgan fingerprint density at radius 2 is 1.63 bits per heavy atom. The van der Waals surface area contributed by atoms with Crippen molar-refractivity contribution in [3.63, 3.8) is 0 Å². The van der Waals surface area contributed by atoms with Crippen LogP contribution in [0, 0.1) is 0 Å². The molecular weight excluding hydrogens is 234 g/mol. The Kier molecular flexibility index (Phi) is 2.15. The van der Waals surface area contributed by atoms with E-state index in [1.807, 2.05) is 30.5 Å². The average molecular weight is 245 g/mol. The van der Waals surface area contributed by atoms with Gasteiger partial charge in [-0.1, -0.05) is 36.4 Å². The van der Waals surface area contributed by atoms with Gasteiger partial charge in [0.1, 0.15) is 11.2 Å². The maximum absolute atomic E-state index is 5.87. The minimum Gasteiger partial charge on any atom is -0.456 e. The molecule has 0 aliphatic heterocycles. The molecule has 0 N–H and O–H groups in total. The van der Waals surface area contributed by atoms with Crippen molar-refractivity contribution >= 4 is 21.9 Å². The molecule has 2 aromatic heterocycles. The summed E-state index contributed by atoms with van der Waals surface area (Å²) in [5.41, 5.74) is 4.16. The van der Waals surface area contributed by atoms with Crippen LogP contribution in [0.25, 0.3) is 33.1 Å². The molecule has 2 nitrogen and oxygen atoms in total. The van der Waals surface area contributed by atoms with Crippen molar-refractivity contribution in [3.05, 3.63) is 67.0 Å². The number of fused-ring (bicyclic) bond motifs is 3. The fraction of sp³-hybridized carbons (Fsp3) is 0. The second kappa shape index (κ2) is 3.95. The van der Waals surface area contributed by atoms with E-state index in [0.29, 0.717) is 0 Å². The molecule has 0 atom stereocenters. The van der Waals surface area contributed by atoms with Crippen molar-refractivity contribution in [3.8, 4) is 11.1 Å². The van der Waals surface area contributed by atoms with Gasteiger partial charge in [0.05, 0.1) is 0 Å². The maximum atomic E-state index is 5.87. The lowest BCUT2D eigenvalue weighted by Gasteiger charge is -2.00. The number of pyridine rings is 1. The van der Waals surface area contributed by atoms with Crippen LogP contribution in [0.4, 0.5) is 0 Å². The van der Waals surface area contributed by atoms with Crippen LogP contribution in [-0.2, 0) is 0 Å². The zero-order chi connectivity index (χ0) is 12.7. The summed E-state index contributed by atoms with van der Waals surface area (Å²) in [4.78, 5) is 4.16. The molecular formula is C17H11NO. The van der Waals surface area contributed by atoms with Gasteiger partial charge in [0.25, 0.3) is 0 Å². The summed E-state index contributed by atoms with van der Waals surface area (Å²) < 4.78 is 5.87. The summed E-state index contributed by atoms with van der Waals surface area (Å²) in [6.45, 7) is 0. The van der Waals surface area contributed by atoms with Crippen molar-refractivity contribution in [2.45, 2.75) is 0 Å². The van der Waals surface area contributed by atoms with Crippen LogP contribution in [0.1, 0.15) is 0 Å². The molecule has 0 spiro atoms. The third-order valence-electron chi connectivity index (χ3n) is 3.38. The van der Waals surface area contributed by atoms with Gasteiger partial charge in [-0.2, -0.15) is 0 Å². The topological polar surface area (TPSA) is 26.0 Å². The van der Waals surface area contributed by atoms with Gasteiger partial charge in [0, 0.05) is 23.2 Å². The molecule has 0 aliphatic rings. The van der Waals surface area contributed by atoms with Gasteiger partial charge < -0.3 is 4.42 Å². The molecule has 4 aromatic rings. The van der Waals surface area contributed by atoms with E-state index in [1.165, 1.54) is 11.1 Å². The zero-order valence-corrected chi connectivity index (χ0v) is 10.2. The van der Waals surface area contributed by atoms with E-state index in [1.54, 1.807) is 6.20 Å². The summed E-state index contributed by atoms with van der Waals surface area (Å²) in [5.74, 6) is 0. The van der Waals surface area contributed by atoms with Crippen LogP contribution in [0.15, 0.2) is 71.4 Å². The van der Waals surface area contributed by atoms with Crippen molar-refractivity contribution < 1.29 is 4.42 Å². The molecule has 19 heavy (non-hydrogen) atoms. The van der Waals surface area contributed by atoms with E-state index >= 15 is 0 Å². The van der Waals surface area contributed by atoms with Crippen LogP contribution in [0.3, 0.4) is 0 Å². The molecule has 2 heterocycles. The number of nitrogens with zero attached hydrogens (tertiary/aromatic N) is 1. The first-order chi connectivity index (χ1) is 9.42. The lowest BCUT2D eigenvalue weighted by molar-refractivity contribution is 0.668. The standard InChI is InChI=1S/C17H11NO/c1-2-4-12(5-3-1)13-6-7-14-15-11-18-9-8-16(15)19-17(14)10-13/h1-11H. The largest absolute Gasteiger partial charge is 0.456 e. The van der Waals surface area contributed by atoms with Gasteiger partial charge in [-0.15, -0.1) is 0 Å². The third kappa shape index (κ3) is 1.61. The molecule has 0 amide bonds. The number of benzene rings is 2. The van der Waals surface area contributed by atoms with E-state index in [2.05, 4.69) is 35.3 Å². The highest BCUT2D eigenvalue weighted by Crippen LogP contribution is 2.31. The number of aromatic nitrogens is 1. The smallest absolute Gasteiger partial charge is 0.138 e. The average Bonchev–Trinajstić information content (AvgIpc) is 2.86. The summed E-state index contributed by atoms with van der Waals surface area (Å²) in [6.07, 6.45) is 3.60. The normalized spacial score (nSPS) is 11.2. The molecule has 0 saturated heterocycles. The van der Waals surface area contributed by atoms with Gasteiger partial charge in [-0.3, -0.25) is 4.98 Å². The minimum absolute atomic E-state index is 0.884. The lowest BCUT2D eigenvalue weighted by Crippen LogP contribution is -1.76. The Morgan fingerprint density at radius 3 is 2.53 bits per heavy atom. The molecule has 2 aromatic carbocycles. The van der Waals surface area contributed by atoms with Crippen molar-refractivity contribution in [1.29, 1.82) is 0 Å². The maximum Gasteiger partial charge on any atom is 0.138 e. The molecule has 0 bridgehead atoms. The van der Waals surface area contributed by atoms with Gasteiger partial charge in [0.2, 0.25) is 0 Å². The summed E-state index contributed by atoms with van der Waals surface area (Å²) >= 11 is 0. The highest BCUT2D eigenvalue weighted by Gasteiger charge is 2.07. The van der Waals surface area contributed by atoms with Crippen LogP contribution >= 0.6 is 0 Å². The highest BCUT2D eigenvalue weighted by atomic mass is 16.3. The van der Waals surface area contributed by atoms with Crippen molar-refractivity contribution in [1.82, 2.24) is 4.98 Å². The van der Waals surface area contributed by atoms with Crippen molar-refractivity contribution in [2.24, 2.45) is 0 Å². The second-order valence-corrected chi connectivity index (χ2v) is 4.55. The Labute approximate surface area is 110 Å². The SMILES string of the molecule is c1ccc(-c2ccc3c(c2)oc2ccncc23)cc1. The summed E-state index contributed by atoms with van der Waals surface area (Å²) in [6, 6.07) is 18.5. The van der Waals surface area contributed by atoms with Gasteiger partial charge >= 0.3 is 0 Å². The van der Waals surface area contributed by atoms with Crippen LogP contribution in [0.2, 0.25) is 0 Å². The van der Waals surface area contributed by atoms with E-state index in [9.17, 15) is 0 Å². The van der Waals surface area contributed by atoms with Crippen LogP contribution in [-0.4, -0.2) is 4.98 Å². The molecule has 0 radical (unpaired) electrons. The monoisotopic (exact) mass is 245 g/mol. The van der Waals surface area contributed by atoms with Gasteiger partial charge in [0.15, 0.2) is 0 Å². The molecule has 0 fully saturated rings. The van der Waals surface area contributed by atoms with E-state index in [0.717, 1.165) is 21.9 Å². The molecule has 4 rings (SSSR count). The summed E-state index contributed by atoms with van der Waals surface area (Å²) in [7, 11) is 0. The molecule has 0 aliphatic carbocycles. The molecule has 0 unspecified atom stereocenters. The predicted molar refractivity (Wildman–Crippen MR) is 77.0 cm³/mol. The Hall–Kier alpha value is -2.61. The third-order valence-corrected chi connectivity index (χ3v) is 3.38. The van der Waals surface area contributed by atoms with Crippen molar-refractivity contribution in [2.75, 3.05) is 0 Å². The van der Waals surface area contributed by atoms with Gasteiger partial charge in [-0.05, 0) is 29.3 Å². The number of hydrogen-bond donors (Lipinski definition) is 0. The quantitative estimate of drug-likeness (QED) is 0.488. The molecule has 2 heteroatoms. The first-order valence-corrected chi connectivity index (χ1v) is 6.23. The number of rotatable bonds is 1. The first-order valence-electron chi connectivity index (χ1n) is 6.23. The zero-order valence-electron chi connectivity index (χ0n) is 10.2. The lowest BCUT2D eigenvalue weighted by atomic mass is 10.0. The fourth-order valence-corrected chi connectivity index (χ4v) is 2.43. The highest BCUT2D eigenvalue weighted by molar-refractivity contribution is 6.05. The van der Waals surface area contributed by atoms with Gasteiger partial charge in [-0.25, -0.2) is 0 Å². The summed E-state index contributed by atoms with van der Waals surface area (Å²) in [5, 5.41) is 2.18. The van der Waals surface area contributed by atoms with E-state index in [-0.39, 0.29) is 0 Å². The Morgan fingerprint density at radius 1 is 0.737 bits per heavy atom. The van der Waals surface area contributed by atoms with E-state index in [4.69, 9.17) is 4.42 Å². The number of furan rings is 1. The molecule has 90 valence electrons. The fourth-order valence-electron chi connectivity index (χ4n) is 2.43. The molecule has 0 saturated carbocycles. The predicted octanol–water partition coefficient (Wildman–Crippen LogP) is 4.65. The van der Waals surface area contributed by atoms with Crippen LogP contribution < -0.4 is 0 Å². The first kappa shape index (κ1) is 10.3. The minimum atomic E-state index is 0.884. The number of hydrogen-bond acceptors (Lipinski definition) is 2. The van der Waals surface area contributed by atoms with Crippen LogP contribution in [0.5, 0.6) is 0 Å². The Bertz CT molecular complexity index is 862. The van der Waals surface area contributed by atoms with E-state index < -0.39 is 0 Å².